The fourth-order valence-corrected chi connectivity index (χ4v) is 4.33. The van der Waals surface area contributed by atoms with Gasteiger partial charge in [0.15, 0.2) is 0 Å². The second kappa shape index (κ2) is 12.7. The van der Waals surface area contributed by atoms with Crippen molar-refractivity contribution in [2.45, 2.75) is 20.0 Å². The number of nitrogens with zero attached hydrogens (tertiary/aromatic N) is 2. The second-order valence-corrected chi connectivity index (χ2v) is 9.50. The first kappa shape index (κ1) is 30.3. The fourth-order valence-electron chi connectivity index (χ4n) is 4.14. The van der Waals surface area contributed by atoms with Crippen LogP contribution in [-0.4, -0.2) is 60.4 Å². The van der Waals surface area contributed by atoms with Crippen LogP contribution in [0.15, 0.2) is 60.7 Å². The molecule has 0 saturated carbocycles. The van der Waals surface area contributed by atoms with Gasteiger partial charge in [0.2, 0.25) is 0 Å². The van der Waals surface area contributed by atoms with Crippen LogP contribution in [-0.2, 0) is 4.79 Å². The average Bonchev–Trinajstić information content (AvgIpc) is 2.90. The predicted molar refractivity (Wildman–Crippen MR) is 147 cm³/mol. The molecule has 0 unspecified atom stereocenters. The van der Waals surface area contributed by atoms with E-state index in [1.165, 1.54) is 22.9 Å². The Morgan fingerprint density at radius 2 is 1.45 bits per heavy atom. The molecule has 1 amide bonds. The zero-order chi connectivity index (χ0) is 29.6. The van der Waals surface area contributed by atoms with Crippen molar-refractivity contribution in [2.75, 3.05) is 41.3 Å². The van der Waals surface area contributed by atoms with Gasteiger partial charge in [0.1, 0.15) is 0 Å². The summed E-state index contributed by atoms with van der Waals surface area (Å²) in [5.74, 6) is -4.13. The third-order valence-electron chi connectivity index (χ3n) is 6.14. The Kier molecular flexibility index (Phi) is 9.65. The van der Waals surface area contributed by atoms with Crippen molar-refractivity contribution in [3.8, 4) is 0 Å². The van der Waals surface area contributed by atoms with E-state index in [4.69, 9.17) is 21.5 Å². The molecule has 1 aliphatic rings. The van der Waals surface area contributed by atoms with Crippen molar-refractivity contribution in [1.29, 1.82) is 0 Å². The van der Waals surface area contributed by atoms with Crippen molar-refractivity contribution < 1.29 is 37.8 Å². The Bertz CT molecular complexity index is 1410. The number of aliphatic carboxylic acids is 1. The monoisotopic (exact) mass is 577 g/mol. The highest BCUT2D eigenvalue weighted by atomic mass is 35.5. The van der Waals surface area contributed by atoms with Gasteiger partial charge in [-0.2, -0.15) is 13.2 Å². The molecule has 4 rings (SSSR count). The van der Waals surface area contributed by atoms with E-state index in [0.29, 0.717) is 35.1 Å². The maximum Gasteiger partial charge on any atom is 0.490 e. The van der Waals surface area contributed by atoms with E-state index in [1.54, 1.807) is 36.4 Å². The van der Waals surface area contributed by atoms with Crippen LogP contribution in [0.5, 0.6) is 0 Å². The highest BCUT2D eigenvalue weighted by molar-refractivity contribution is 6.31. The first-order valence-electron chi connectivity index (χ1n) is 12.1. The van der Waals surface area contributed by atoms with Crippen molar-refractivity contribution in [3.05, 3.63) is 87.9 Å². The number of benzene rings is 3. The van der Waals surface area contributed by atoms with Gasteiger partial charge in [-0.3, -0.25) is 4.79 Å². The van der Waals surface area contributed by atoms with Crippen LogP contribution in [0.2, 0.25) is 5.02 Å². The highest BCUT2D eigenvalue weighted by Crippen LogP contribution is 2.28. The number of halogens is 4. The molecule has 212 valence electrons. The Balaban J connectivity index is 0.000000559. The number of alkyl halides is 3. The summed E-state index contributed by atoms with van der Waals surface area (Å²) < 4.78 is 31.7. The molecule has 3 aromatic rings. The third kappa shape index (κ3) is 7.89. The summed E-state index contributed by atoms with van der Waals surface area (Å²) in [6.07, 6.45) is -5.08. The SMILES string of the molecule is Cc1ccc(C)c(N2CCN(c3ccc(NC(=O)c4cccc(Cl)c4)cc3C(=O)O)CC2)c1.O=C(O)C(F)(F)F. The molecule has 1 fully saturated rings. The first-order valence-corrected chi connectivity index (χ1v) is 12.5. The molecule has 0 bridgehead atoms. The lowest BCUT2D eigenvalue weighted by Crippen LogP contribution is -2.47. The Labute approximate surface area is 233 Å². The number of carboxylic acid groups (broad SMARTS) is 2. The molecular weight excluding hydrogens is 551 g/mol. The van der Waals surface area contributed by atoms with Gasteiger partial charge in [0.25, 0.3) is 5.91 Å². The molecule has 0 radical (unpaired) electrons. The van der Waals surface area contributed by atoms with E-state index in [-0.39, 0.29) is 11.5 Å². The molecule has 0 spiro atoms. The number of piperazine rings is 1. The van der Waals surface area contributed by atoms with Gasteiger partial charge >= 0.3 is 18.1 Å². The summed E-state index contributed by atoms with van der Waals surface area (Å²) in [5, 5.41) is 20.2. The largest absolute Gasteiger partial charge is 0.490 e. The van der Waals surface area contributed by atoms with Crippen molar-refractivity contribution in [3.63, 3.8) is 0 Å². The fraction of sp³-hybridized carbons (Fsp3) is 0.250. The number of rotatable bonds is 5. The standard InChI is InChI=1S/C26H26ClN3O3.C2HF3O2/c1-17-6-7-18(2)24(14-17)30-12-10-29(11-13-30)23-9-8-21(16-22(23)26(32)33)28-25(31)19-4-3-5-20(27)15-19;3-2(4,5)1(6)7/h3-9,14-16H,10-13H2,1-2H3,(H,28,31)(H,32,33);(H,6,7). The van der Waals surface area contributed by atoms with E-state index in [0.717, 1.165) is 13.1 Å². The Hall–Kier alpha value is -4.25. The lowest BCUT2D eigenvalue weighted by atomic mass is 10.1. The van der Waals surface area contributed by atoms with E-state index >= 15 is 0 Å². The molecule has 12 heteroatoms. The maximum atomic E-state index is 12.5. The van der Waals surface area contributed by atoms with Crippen LogP contribution in [0, 0.1) is 13.8 Å². The lowest BCUT2D eigenvalue weighted by molar-refractivity contribution is -0.192. The van der Waals surface area contributed by atoms with Gasteiger partial charge in [0.05, 0.1) is 11.3 Å². The molecule has 1 heterocycles. The quantitative estimate of drug-likeness (QED) is 0.348. The van der Waals surface area contributed by atoms with Gasteiger partial charge in [0, 0.05) is 48.1 Å². The predicted octanol–water partition coefficient (Wildman–Crippen LogP) is 5.87. The summed E-state index contributed by atoms with van der Waals surface area (Å²) in [6, 6.07) is 18.1. The summed E-state index contributed by atoms with van der Waals surface area (Å²) in [4.78, 5) is 37.9. The topological polar surface area (TPSA) is 110 Å². The third-order valence-corrected chi connectivity index (χ3v) is 6.37. The zero-order valence-corrected chi connectivity index (χ0v) is 22.4. The summed E-state index contributed by atoms with van der Waals surface area (Å²) in [7, 11) is 0. The Morgan fingerprint density at radius 1 is 0.850 bits per heavy atom. The van der Waals surface area contributed by atoms with Crippen molar-refractivity contribution in [2.24, 2.45) is 0 Å². The maximum absolute atomic E-state index is 12.5. The molecule has 0 aromatic heterocycles. The van der Waals surface area contributed by atoms with Gasteiger partial charge in [-0.05, 0) is 67.4 Å². The van der Waals surface area contributed by atoms with Crippen LogP contribution in [0.3, 0.4) is 0 Å². The van der Waals surface area contributed by atoms with Crippen LogP contribution >= 0.6 is 11.6 Å². The average molecular weight is 578 g/mol. The Morgan fingerprint density at radius 3 is 2.00 bits per heavy atom. The summed E-state index contributed by atoms with van der Waals surface area (Å²) >= 11 is 5.96. The number of carboxylic acids is 2. The molecule has 3 N–H and O–H groups in total. The second-order valence-electron chi connectivity index (χ2n) is 9.07. The van der Waals surface area contributed by atoms with E-state index in [2.05, 4.69) is 47.2 Å². The molecular formula is C28H27ClF3N3O5. The first-order chi connectivity index (χ1) is 18.8. The van der Waals surface area contributed by atoms with E-state index < -0.39 is 18.1 Å². The zero-order valence-electron chi connectivity index (χ0n) is 21.6. The number of hydrogen-bond donors (Lipinski definition) is 3. The molecule has 1 aliphatic heterocycles. The molecule has 3 aromatic carbocycles. The number of aromatic carboxylic acids is 1. The molecule has 1 saturated heterocycles. The van der Waals surface area contributed by atoms with Gasteiger partial charge < -0.3 is 25.3 Å². The van der Waals surface area contributed by atoms with Gasteiger partial charge in [-0.25, -0.2) is 9.59 Å². The van der Waals surface area contributed by atoms with E-state index in [1.807, 2.05) is 0 Å². The molecule has 40 heavy (non-hydrogen) atoms. The number of carbonyl (C=O) groups excluding carboxylic acids is 1. The molecule has 8 nitrogen and oxygen atoms in total. The van der Waals surface area contributed by atoms with Crippen LogP contribution in [0.4, 0.5) is 30.2 Å². The summed E-state index contributed by atoms with van der Waals surface area (Å²) in [5.41, 5.74) is 5.35. The van der Waals surface area contributed by atoms with Crippen molar-refractivity contribution >= 4 is 46.5 Å². The summed E-state index contributed by atoms with van der Waals surface area (Å²) in [6.45, 7) is 7.22. The minimum absolute atomic E-state index is 0.166. The minimum Gasteiger partial charge on any atom is -0.478 e. The number of hydrogen-bond acceptors (Lipinski definition) is 5. The van der Waals surface area contributed by atoms with Gasteiger partial charge in [-0.15, -0.1) is 0 Å². The van der Waals surface area contributed by atoms with E-state index in [9.17, 15) is 27.9 Å². The van der Waals surface area contributed by atoms with Crippen LogP contribution in [0.1, 0.15) is 31.8 Å². The number of aryl methyl sites for hydroxylation is 2. The molecule has 0 aliphatic carbocycles. The van der Waals surface area contributed by atoms with Crippen LogP contribution in [0.25, 0.3) is 0 Å². The molecule has 0 atom stereocenters. The highest BCUT2D eigenvalue weighted by Gasteiger charge is 2.38. The number of nitrogens with one attached hydrogen (secondary N) is 1. The minimum atomic E-state index is -5.08. The number of carbonyl (C=O) groups is 3. The number of anilines is 3. The normalized spacial score (nSPS) is 13.2. The smallest absolute Gasteiger partial charge is 0.478 e. The lowest BCUT2D eigenvalue weighted by Gasteiger charge is -2.38. The number of amides is 1. The van der Waals surface area contributed by atoms with Crippen molar-refractivity contribution in [1.82, 2.24) is 0 Å². The van der Waals surface area contributed by atoms with Gasteiger partial charge in [-0.1, -0.05) is 29.8 Å². The van der Waals surface area contributed by atoms with Crippen LogP contribution < -0.4 is 15.1 Å².